The number of hydrogen-bond acceptors (Lipinski definition) is 4. The van der Waals surface area contributed by atoms with Crippen molar-refractivity contribution < 1.29 is 14.3 Å². The lowest BCUT2D eigenvalue weighted by Gasteiger charge is -2.08. The van der Waals surface area contributed by atoms with Crippen molar-refractivity contribution in [3.63, 3.8) is 0 Å². The highest BCUT2D eigenvalue weighted by Crippen LogP contribution is 2.24. The Kier molecular flexibility index (Phi) is 3.93. The second-order valence-electron chi connectivity index (χ2n) is 3.50. The molecule has 0 atom stereocenters. The Balaban J connectivity index is 2.54. The van der Waals surface area contributed by atoms with E-state index in [1.54, 1.807) is 29.6 Å². The van der Waals surface area contributed by atoms with Gasteiger partial charge >= 0.3 is 5.97 Å². The third-order valence-corrected chi connectivity index (χ3v) is 3.78. The predicted octanol–water partition coefficient (Wildman–Crippen LogP) is 3.53. The lowest BCUT2D eigenvalue weighted by Crippen LogP contribution is -2.11. The number of hydrogen-bond donors (Lipinski definition) is 0. The molecule has 0 radical (unpaired) electrons. The van der Waals surface area contributed by atoms with Crippen LogP contribution >= 0.6 is 27.3 Å². The summed E-state index contributed by atoms with van der Waals surface area (Å²) in [6.45, 7) is 0. The maximum atomic E-state index is 12.3. The third kappa shape index (κ3) is 2.37. The van der Waals surface area contributed by atoms with Crippen LogP contribution in [0.3, 0.4) is 0 Å². The van der Waals surface area contributed by atoms with E-state index in [1.807, 2.05) is 5.38 Å². The van der Waals surface area contributed by atoms with Crippen LogP contribution in [0, 0.1) is 0 Å². The van der Waals surface area contributed by atoms with Gasteiger partial charge in [-0.2, -0.15) is 11.3 Å². The van der Waals surface area contributed by atoms with Crippen LogP contribution in [0.5, 0.6) is 0 Å². The molecular formula is C13H9BrO3S. The summed E-state index contributed by atoms with van der Waals surface area (Å²) in [6.07, 6.45) is 0. The van der Waals surface area contributed by atoms with Gasteiger partial charge in [-0.1, -0.05) is 12.1 Å². The van der Waals surface area contributed by atoms with Crippen molar-refractivity contribution in [2.75, 3.05) is 7.11 Å². The van der Waals surface area contributed by atoms with Crippen molar-refractivity contribution in [3.05, 3.63) is 56.2 Å². The minimum absolute atomic E-state index is 0.182. The van der Waals surface area contributed by atoms with E-state index in [1.165, 1.54) is 18.4 Å². The number of carbonyl (C=O) groups excluding carboxylic acids is 2. The summed E-state index contributed by atoms with van der Waals surface area (Å²) < 4.78 is 5.26. The zero-order valence-corrected chi connectivity index (χ0v) is 11.9. The second kappa shape index (κ2) is 5.46. The van der Waals surface area contributed by atoms with Gasteiger partial charge in [-0.05, 0) is 33.4 Å². The number of ether oxygens (including phenoxy) is 1. The molecule has 0 aliphatic rings. The summed E-state index contributed by atoms with van der Waals surface area (Å²) in [5, 5.41) is 3.58. The molecule has 0 fully saturated rings. The first kappa shape index (κ1) is 13.0. The summed E-state index contributed by atoms with van der Waals surface area (Å²) >= 11 is 4.71. The number of thiophene rings is 1. The summed E-state index contributed by atoms with van der Waals surface area (Å²) in [6, 6.07) is 6.78. The molecular weight excluding hydrogens is 316 g/mol. The Bertz CT molecular complexity index is 590. The SMILES string of the molecule is COC(=O)c1c(Br)cccc1C(=O)c1ccsc1. The van der Waals surface area contributed by atoms with Gasteiger partial charge in [-0.25, -0.2) is 4.79 Å². The zero-order chi connectivity index (χ0) is 13.1. The maximum absolute atomic E-state index is 12.3. The van der Waals surface area contributed by atoms with Crippen LogP contribution in [0.1, 0.15) is 26.3 Å². The average molecular weight is 325 g/mol. The molecule has 1 heterocycles. The fourth-order valence-corrected chi connectivity index (χ4v) is 2.74. The summed E-state index contributed by atoms with van der Waals surface area (Å²) in [5.41, 5.74) is 1.18. The molecule has 2 rings (SSSR count). The van der Waals surface area contributed by atoms with E-state index in [2.05, 4.69) is 15.9 Å². The van der Waals surface area contributed by atoms with Gasteiger partial charge in [0.1, 0.15) is 0 Å². The van der Waals surface area contributed by atoms with E-state index < -0.39 is 5.97 Å². The van der Waals surface area contributed by atoms with Gasteiger partial charge in [0.25, 0.3) is 0 Å². The van der Waals surface area contributed by atoms with Crippen LogP contribution in [0.4, 0.5) is 0 Å². The minimum atomic E-state index is -0.527. The van der Waals surface area contributed by atoms with E-state index in [4.69, 9.17) is 4.74 Å². The molecule has 92 valence electrons. The summed E-state index contributed by atoms with van der Waals surface area (Å²) in [5.74, 6) is -0.709. The largest absolute Gasteiger partial charge is 0.465 e. The van der Waals surface area contributed by atoms with Crippen molar-refractivity contribution in [2.24, 2.45) is 0 Å². The van der Waals surface area contributed by atoms with Crippen LogP contribution in [-0.4, -0.2) is 18.9 Å². The lowest BCUT2D eigenvalue weighted by atomic mass is 10.0. The molecule has 0 unspecified atom stereocenters. The fraction of sp³-hybridized carbons (Fsp3) is 0.0769. The third-order valence-electron chi connectivity index (χ3n) is 2.43. The van der Waals surface area contributed by atoms with E-state index in [0.29, 0.717) is 15.6 Å². The van der Waals surface area contributed by atoms with Crippen molar-refractivity contribution in [3.8, 4) is 0 Å². The van der Waals surface area contributed by atoms with E-state index in [-0.39, 0.29) is 11.3 Å². The molecule has 3 nitrogen and oxygen atoms in total. The van der Waals surface area contributed by atoms with E-state index in [9.17, 15) is 9.59 Å². The van der Waals surface area contributed by atoms with Crippen LogP contribution in [0.25, 0.3) is 0 Å². The van der Waals surface area contributed by atoms with Crippen LogP contribution < -0.4 is 0 Å². The summed E-state index contributed by atoms with van der Waals surface area (Å²) in [4.78, 5) is 24.0. The number of rotatable bonds is 3. The molecule has 5 heteroatoms. The van der Waals surface area contributed by atoms with Crippen LogP contribution in [0.15, 0.2) is 39.5 Å². The Morgan fingerprint density at radius 2 is 2.06 bits per heavy atom. The number of esters is 1. The molecule has 0 saturated heterocycles. The smallest absolute Gasteiger partial charge is 0.339 e. The van der Waals surface area contributed by atoms with Crippen LogP contribution in [-0.2, 0) is 4.74 Å². The van der Waals surface area contributed by atoms with Crippen molar-refractivity contribution in [2.45, 2.75) is 0 Å². The Labute approximate surface area is 117 Å². The van der Waals surface area contributed by atoms with Gasteiger partial charge in [0.15, 0.2) is 5.78 Å². The number of benzene rings is 1. The zero-order valence-electron chi connectivity index (χ0n) is 9.48. The highest BCUT2D eigenvalue weighted by Gasteiger charge is 2.21. The van der Waals surface area contributed by atoms with Gasteiger partial charge < -0.3 is 4.74 Å². The Hall–Kier alpha value is -1.46. The number of halogens is 1. The molecule has 0 N–H and O–H groups in total. The van der Waals surface area contributed by atoms with Gasteiger partial charge in [0.2, 0.25) is 0 Å². The molecule has 18 heavy (non-hydrogen) atoms. The Morgan fingerprint density at radius 1 is 1.28 bits per heavy atom. The van der Waals surface area contributed by atoms with E-state index in [0.717, 1.165) is 0 Å². The van der Waals surface area contributed by atoms with Crippen molar-refractivity contribution >= 4 is 39.0 Å². The molecule has 0 spiro atoms. The molecule has 0 bridgehead atoms. The number of methoxy groups -OCH3 is 1. The van der Waals surface area contributed by atoms with Crippen molar-refractivity contribution in [1.29, 1.82) is 0 Å². The number of carbonyl (C=O) groups is 2. The monoisotopic (exact) mass is 324 g/mol. The molecule has 0 aliphatic carbocycles. The van der Waals surface area contributed by atoms with Gasteiger partial charge in [-0.3, -0.25) is 4.79 Å². The van der Waals surface area contributed by atoms with Gasteiger partial charge in [0, 0.05) is 21.0 Å². The van der Waals surface area contributed by atoms with Gasteiger partial charge in [0.05, 0.1) is 12.7 Å². The first-order valence-electron chi connectivity index (χ1n) is 5.09. The quantitative estimate of drug-likeness (QED) is 0.640. The molecule has 0 aliphatic heterocycles. The fourth-order valence-electron chi connectivity index (χ4n) is 1.57. The highest BCUT2D eigenvalue weighted by molar-refractivity contribution is 9.10. The highest BCUT2D eigenvalue weighted by atomic mass is 79.9. The second-order valence-corrected chi connectivity index (χ2v) is 5.13. The first-order chi connectivity index (χ1) is 8.65. The summed E-state index contributed by atoms with van der Waals surface area (Å²) in [7, 11) is 1.29. The maximum Gasteiger partial charge on any atom is 0.339 e. The Morgan fingerprint density at radius 3 is 2.67 bits per heavy atom. The van der Waals surface area contributed by atoms with E-state index >= 15 is 0 Å². The molecule has 0 saturated carbocycles. The minimum Gasteiger partial charge on any atom is -0.465 e. The molecule has 1 aromatic carbocycles. The average Bonchev–Trinajstić information content (AvgIpc) is 2.90. The number of ketones is 1. The predicted molar refractivity (Wildman–Crippen MR) is 73.2 cm³/mol. The van der Waals surface area contributed by atoms with Crippen molar-refractivity contribution in [1.82, 2.24) is 0 Å². The first-order valence-corrected chi connectivity index (χ1v) is 6.82. The lowest BCUT2D eigenvalue weighted by molar-refractivity contribution is 0.0596. The molecule has 0 amide bonds. The standard InChI is InChI=1S/C13H9BrO3S/c1-17-13(16)11-9(3-2-4-10(11)14)12(15)8-5-6-18-7-8/h2-7H,1H3. The topological polar surface area (TPSA) is 43.4 Å². The normalized spacial score (nSPS) is 10.1. The van der Waals surface area contributed by atoms with Gasteiger partial charge in [-0.15, -0.1) is 0 Å². The van der Waals surface area contributed by atoms with Crippen LogP contribution in [0.2, 0.25) is 0 Å². The molecule has 1 aromatic heterocycles. The molecule has 2 aromatic rings.